The summed E-state index contributed by atoms with van der Waals surface area (Å²) in [7, 11) is 0. The Morgan fingerprint density at radius 2 is 1.96 bits per heavy atom. The monoisotopic (exact) mass is 373 g/mol. The molecular formula is C20H20ClNO4. The van der Waals surface area contributed by atoms with E-state index in [0.29, 0.717) is 28.6 Å². The molecule has 0 saturated carbocycles. The van der Waals surface area contributed by atoms with Crippen molar-refractivity contribution in [3.63, 3.8) is 0 Å². The highest BCUT2D eigenvalue weighted by Gasteiger charge is 2.51. The number of carbonyl (C=O) groups is 2. The number of aliphatic hydroxyl groups is 1. The lowest BCUT2D eigenvalue weighted by atomic mass is 9.90. The third-order valence-electron chi connectivity index (χ3n) is 4.41. The van der Waals surface area contributed by atoms with Crippen molar-refractivity contribution < 1.29 is 19.4 Å². The zero-order valence-electron chi connectivity index (χ0n) is 14.7. The van der Waals surface area contributed by atoms with Crippen LogP contribution < -0.4 is 9.64 Å². The Kier molecular flexibility index (Phi) is 5.03. The predicted octanol–water partition coefficient (Wildman–Crippen LogP) is 3.45. The first-order valence-electron chi connectivity index (χ1n) is 8.42. The summed E-state index contributed by atoms with van der Waals surface area (Å²) >= 11 is 6.34. The van der Waals surface area contributed by atoms with Crippen molar-refractivity contribution in [1.82, 2.24) is 0 Å². The number of ether oxygens (including phenoxy) is 1. The fourth-order valence-electron chi connectivity index (χ4n) is 3.35. The number of hydrogen-bond acceptors (Lipinski definition) is 4. The van der Waals surface area contributed by atoms with Gasteiger partial charge in [-0.15, -0.1) is 0 Å². The third-order valence-corrected chi connectivity index (χ3v) is 4.71. The van der Waals surface area contributed by atoms with Crippen molar-refractivity contribution in [3.05, 3.63) is 58.6 Å². The second-order valence-electron chi connectivity index (χ2n) is 6.31. The van der Waals surface area contributed by atoms with Gasteiger partial charge in [0, 0.05) is 17.5 Å². The van der Waals surface area contributed by atoms with Gasteiger partial charge in [-0.2, -0.15) is 0 Å². The van der Waals surface area contributed by atoms with Crippen LogP contribution in [-0.4, -0.2) is 23.4 Å². The summed E-state index contributed by atoms with van der Waals surface area (Å²) < 4.78 is 5.63. The number of carbonyl (C=O) groups excluding carboxylic acids is 2. The molecule has 0 saturated heterocycles. The number of fused-ring (bicyclic) bond motifs is 1. The Morgan fingerprint density at radius 3 is 2.65 bits per heavy atom. The van der Waals surface area contributed by atoms with Crippen molar-refractivity contribution in [1.29, 1.82) is 0 Å². The van der Waals surface area contributed by atoms with E-state index in [-0.39, 0.29) is 18.7 Å². The molecule has 26 heavy (non-hydrogen) atoms. The molecule has 0 aliphatic carbocycles. The minimum atomic E-state index is -1.90. The first kappa shape index (κ1) is 18.4. The lowest BCUT2D eigenvalue weighted by Crippen LogP contribution is -2.41. The fraction of sp³-hybridized carbons (Fsp3) is 0.300. The van der Waals surface area contributed by atoms with Crippen LogP contribution in [0.2, 0.25) is 5.02 Å². The van der Waals surface area contributed by atoms with E-state index in [2.05, 4.69) is 0 Å². The molecule has 1 aliphatic heterocycles. The van der Waals surface area contributed by atoms with Gasteiger partial charge < -0.3 is 14.7 Å². The largest absolute Gasteiger partial charge is 0.494 e. The van der Waals surface area contributed by atoms with Crippen LogP contribution in [0, 0.1) is 0 Å². The van der Waals surface area contributed by atoms with Gasteiger partial charge in [0.25, 0.3) is 5.91 Å². The molecule has 0 bridgehead atoms. The molecule has 0 spiro atoms. The number of ketones is 1. The van der Waals surface area contributed by atoms with Crippen molar-refractivity contribution in [2.45, 2.75) is 32.4 Å². The highest BCUT2D eigenvalue weighted by atomic mass is 35.5. The molecular weight excluding hydrogens is 354 g/mol. The van der Waals surface area contributed by atoms with Gasteiger partial charge in [0.1, 0.15) is 11.5 Å². The summed E-state index contributed by atoms with van der Waals surface area (Å²) in [4.78, 5) is 26.2. The number of amides is 1. The molecule has 1 heterocycles. The summed E-state index contributed by atoms with van der Waals surface area (Å²) in [5.74, 6) is -0.163. The molecule has 3 rings (SSSR count). The molecule has 2 aromatic carbocycles. The number of nitrogens with zero attached hydrogens (tertiary/aromatic N) is 1. The predicted molar refractivity (Wildman–Crippen MR) is 99.4 cm³/mol. The van der Waals surface area contributed by atoms with Crippen molar-refractivity contribution in [2.24, 2.45) is 0 Å². The minimum absolute atomic E-state index is 0.186. The Hall–Kier alpha value is -2.37. The SMILES string of the molecule is CCOc1ccccc1CN1C(=O)[C@@](O)(CC(C)=O)c2cccc(Cl)c21. The number of benzene rings is 2. The zero-order valence-corrected chi connectivity index (χ0v) is 15.4. The number of Topliss-reactive ketones (excluding diaryl/α,β-unsaturated/α-hetero) is 1. The highest BCUT2D eigenvalue weighted by Crippen LogP contribution is 2.47. The average molecular weight is 374 g/mol. The lowest BCUT2D eigenvalue weighted by molar-refractivity contribution is -0.141. The highest BCUT2D eigenvalue weighted by molar-refractivity contribution is 6.35. The fourth-order valence-corrected chi connectivity index (χ4v) is 3.62. The summed E-state index contributed by atoms with van der Waals surface area (Å²) in [5.41, 5.74) is -0.305. The van der Waals surface area contributed by atoms with Gasteiger partial charge >= 0.3 is 0 Å². The molecule has 1 atom stereocenters. The summed E-state index contributed by atoms with van der Waals surface area (Å²) in [5, 5.41) is 11.4. The normalized spacial score (nSPS) is 18.8. The Balaban J connectivity index is 2.07. The van der Waals surface area contributed by atoms with Crippen LogP contribution in [-0.2, 0) is 21.7 Å². The Morgan fingerprint density at radius 1 is 1.23 bits per heavy atom. The van der Waals surface area contributed by atoms with Crippen molar-refractivity contribution in [3.8, 4) is 5.75 Å². The van der Waals surface area contributed by atoms with E-state index in [9.17, 15) is 14.7 Å². The van der Waals surface area contributed by atoms with E-state index < -0.39 is 11.5 Å². The molecule has 6 heteroatoms. The van der Waals surface area contributed by atoms with E-state index in [4.69, 9.17) is 16.3 Å². The summed E-state index contributed by atoms with van der Waals surface area (Å²) in [6.45, 7) is 3.92. The number of hydrogen-bond donors (Lipinski definition) is 1. The number of rotatable bonds is 6. The van der Waals surface area contributed by atoms with E-state index in [1.807, 2.05) is 31.2 Å². The molecule has 1 amide bonds. The van der Waals surface area contributed by atoms with Crippen molar-refractivity contribution in [2.75, 3.05) is 11.5 Å². The first-order valence-corrected chi connectivity index (χ1v) is 8.79. The van der Waals surface area contributed by atoms with Crippen LogP contribution >= 0.6 is 11.6 Å². The van der Waals surface area contributed by atoms with E-state index >= 15 is 0 Å². The molecule has 0 aromatic heterocycles. The second kappa shape index (κ2) is 7.09. The van der Waals surface area contributed by atoms with Crippen molar-refractivity contribution >= 4 is 29.0 Å². The molecule has 0 fully saturated rings. The summed E-state index contributed by atoms with van der Waals surface area (Å²) in [6, 6.07) is 12.4. The minimum Gasteiger partial charge on any atom is -0.494 e. The summed E-state index contributed by atoms with van der Waals surface area (Å²) in [6.07, 6.45) is -0.289. The number of anilines is 1. The van der Waals surface area contributed by atoms with E-state index in [0.717, 1.165) is 5.56 Å². The maximum atomic E-state index is 13.1. The molecule has 0 radical (unpaired) electrons. The molecule has 5 nitrogen and oxygen atoms in total. The molecule has 1 aliphatic rings. The molecule has 1 N–H and O–H groups in total. The maximum Gasteiger partial charge on any atom is 0.264 e. The van der Waals surface area contributed by atoms with Crippen LogP contribution in [0.3, 0.4) is 0 Å². The van der Waals surface area contributed by atoms with Gasteiger partial charge in [-0.25, -0.2) is 0 Å². The molecule has 136 valence electrons. The van der Waals surface area contributed by atoms with Crippen LogP contribution in [0.1, 0.15) is 31.4 Å². The lowest BCUT2D eigenvalue weighted by Gasteiger charge is -2.23. The quantitative estimate of drug-likeness (QED) is 0.842. The van der Waals surface area contributed by atoms with E-state index in [1.54, 1.807) is 18.2 Å². The maximum absolute atomic E-state index is 13.1. The molecule has 0 unspecified atom stereocenters. The van der Waals surface area contributed by atoms with Gasteiger partial charge in [-0.3, -0.25) is 9.59 Å². The number of halogens is 1. The van der Waals surface area contributed by atoms with Crippen LogP contribution in [0.25, 0.3) is 0 Å². The average Bonchev–Trinajstić information content (AvgIpc) is 2.79. The second-order valence-corrected chi connectivity index (χ2v) is 6.71. The van der Waals surface area contributed by atoms with Crippen LogP contribution in [0.5, 0.6) is 5.75 Å². The Bertz CT molecular complexity index is 867. The van der Waals surface area contributed by atoms with Crippen LogP contribution in [0.4, 0.5) is 5.69 Å². The van der Waals surface area contributed by atoms with Crippen LogP contribution in [0.15, 0.2) is 42.5 Å². The van der Waals surface area contributed by atoms with E-state index in [1.165, 1.54) is 11.8 Å². The van der Waals surface area contributed by atoms with Gasteiger partial charge in [0.2, 0.25) is 0 Å². The number of para-hydroxylation sites is 2. The topological polar surface area (TPSA) is 66.8 Å². The third kappa shape index (κ3) is 3.08. The molecule has 2 aromatic rings. The first-order chi connectivity index (χ1) is 12.4. The van der Waals surface area contributed by atoms with Gasteiger partial charge in [-0.1, -0.05) is 41.9 Å². The smallest absolute Gasteiger partial charge is 0.264 e. The van der Waals surface area contributed by atoms with Gasteiger partial charge in [0.15, 0.2) is 5.60 Å². The standard InChI is InChI=1S/C20H20ClNO4/c1-3-26-17-10-5-4-7-14(17)12-22-18-15(8-6-9-16(18)21)20(25,19(22)24)11-13(2)23/h4-10,25H,3,11-12H2,1-2H3/t20-/m1/s1. The zero-order chi connectivity index (χ0) is 18.9. The van der Waals surface area contributed by atoms with Gasteiger partial charge in [0.05, 0.1) is 23.9 Å². The van der Waals surface area contributed by atoms with Gasteiger partial charge in [-0.05, 0) is 26.0 Å². The Labute approximate surface area is 157 Å².